The summed E-state index contributed by atoms with van der Waals surface area (Å²) in [5.74, 6) is -0.820. The highest BCUT2D eigenvalue weighted by Crippen LogP contribution is 2.27. The summed E-state index contributed by atoms with van der Waals surface area (Å²) >= 11 is 4.93. The molecule has 0 spiro atoms. The highest BCUT2D eigenvalue weighted by atomic mass is 79.9. The maximum absolute atomic E-state index is 14.0. The van der Waals surface area contributed by atoms with Gasteiger partial charge in [0.2, 0.25) is 11.8 Å². The smallest absolute Gasteiger partial charge is 0.264 e. The lowest BCUT2D eigenvalue weighted by Gasteiger charge is -2.33. The SMILES string of the molecule is CSc1ccc(S(=O)(=O)N(CC(=O)N(Cc2ccc(Br)cc2)C(C)C(=O)NC(C)(C)C)c2ccc(C)cc2)cc1. The van der Waals surface area contributed by atoms with Gasteiger partial charge in [0, 0.05) is 21.5 Å². The van der Waals surface area contributed by atoms with E-state index in [1.807, 2.05) is 58.2 Å². The molecule has 1 N–H and O–H groups in total. The zero-order valence-electron chi connectivity index (χ0n) is 23.6. The van der Waals surface area contributed by atoms with Crippen LogP contribution in [0.4, 0.5) is 5.69 Å². The minimum atomic E-state index is -4.10. The second-order valence-corrected chi connectivity index (χ2v) is 14.2. The molecule has 10 heteroatoms. The predicted molar refractivity (Wildman–Crippen MR) is 166 cm³/mol. The number of hydrogen-bond donors (Lipinski definition) is 1. The van der Waals surface area contributed by atoms with Gasteiger partial charge in [-0.15, -0.1) is 11.8 Å². The molecule has 3 aromatic carbocycles. The van der Waals surface area contributed by atoms with Gasteiger partial charge in [-0.25, -0.2) is 8.42 Å². The molecule has 0 saturated heterocycles. The summed E-state index contributed by atoms with van der Waals surface area (Å²) in [5.41, 5.74) is 1.63. The van der Waals surface area contributed by atoms with Crippen molar-refractivity contribution in [3.8, 4) is 0 Å². The monoisotopic (exact) mass is 645 g/mol. The van der Waals surface area contributed by atoms with Gasteiger partial charge < -0.3 is 10.2 Å². The van der Waals surface area contributed by atoms with Crippen LogP contribution < -0.4 is 9.62 Å². The lowest BCUT2D eigenvalue weighted by Crippen LogP contribution is -2.54. The molecule has 0 aromatic heterocycles. The number of amides is 2. The van der Waals surface area contributed by atoms with Crippen LogP contribution in [0.15, 0.2) is 87.1 Å². The topological polar surface area (TPSA) is 86.8 Å². The molecule has 0 bridgehead atoms. The van der Waals surface area contributed by atoms with Crippen LogP contribution in [0.3, 0.4) is 0 Å². The van der Waals surface area contributed by atoms with Crippen LogP contribution in [0.5, 0.6) is 0 Å². The molecule has 40 heavy (non-hydrogen) atoms. The second-order valence-electron chi connectivity index (χ2n) is 10.6. The maximum atomic E-state index is 14.0. The van der Waals surface area contributed by atoms with Crippen LogP contribution in [0, 0.1) is 6.92 Å². The average molecular weight is 647 g/mol. The molecule has 0 saturated carbocycles. The number of carbonyl (C=O) groups excluding carboxylic acids is 2. The van der Waals surface area contributed by atoms with Crippen molar-refractivity contribution in [3.05, 3.63) is 88.4 Å². The van der Waals surface area contributed by atoms with E-state index in [9.17, 15) is 18.0 Å². The molecule has 0 fully saturated rings. The summed E-state index contributed by atoms with van der Waals surface area (Å²) in [7, 11) is -4.10. The van der Waals surface area contributed by atoms with Crippen molar-refractivity contribution in [2.24, 2.45) is 0 Å². The van der Waals surface area contributed by atoms with E-state index in [0.29, 0.717) is 5.69 Å². The summed E-state index contributed by atoms with van der Waals surface area (Å²) in [4.78, 5) is 29.6. The summed E-state index contributed by atoms with van der Waals surface area (Å²) in [6.45, 7) is 8.83. The molecule has 1 unspecified atom stereocenters. The Labute approximate surface area is 250 Å². The molecule has 7 nitrogen and oxygen atoms in total. The second kappa shape index (κ2) is 13.2. The number of halogens is 1. The van der Waals surface area contributed by atoms with Crippen molar-refractivity contribution in [2.75, 3.05) is 17.1 Å². The first-order chi connectivity index (χ1) is 18.7. The Balaban J connectivity index is 2.03. The molecular formula is C30H36BrN3O4S2. The number of aryl methyl sites for hydroxylation is 1. The molecule has 214 valence electrons. The average Bonchev–Trinajstić information content (AvgIpc) is 2.90. The Hall–Kier alpha value is -2.82. The van der Waals surface area contributed by atoms with Gasteiger partial charge in [0.1, 0.15) is 12.6 Å². The highest BCUT2D eigenvalue weighted by Gasteiger charge is 2.33. The third-order valence-electron chi connectivity index (χ3n) is 6.18. The highest BCUT2D eigenvalue weighted by molar-refractivity contribution is 9.10. The largest absolute Gasteiger partial charge is 0.350 e. The van der Waals surface area contributed by atoms with Crippen LogP contribution >= 0.6 is 27.7 Å². The van der Waals surface area contributed by atoms with Crippen LogP contribution in [0.2, 0.25) is 0 Å². The van der Waals surface area contributed by atoms with Crippen LogP contribution in [0.25, 0.3) is 0 Å². The van der Waals surface area contributed by atoms with E-state index in [4.69, 9.17) is 0 Å². The van der Waals surface area contributed by atoms with Crippen molar-refractivity contribution in [3.63, 3.8) is 0 Å². The van der Waals surface area contributed by atoms with Gasteiger partial charge in [0.25, 0.3) is 10.0 Å². The van der Waals surface area contributed by atoms with Crippen LogP contribution in [-0.4, -0.2) is 49.5 Å². The number of hydrogen-bond acceptors (Lipinski definition) is 5. The fourth-order valence-corrected chi connectivity index (χ4v) is 6.04. The molecule has 2 amide bonds. The van der Waals surface area contributed by atoms with Gasteiger partial charge in [-0.1, -0.05) is 45.8 Å². The first-order valence-electron chi connectivity index (χ1n) is 12.8. The maximum Gasteiger partial charge on any atom is 0.264 e. The minimum absolute atomic E-state index is 0.0802. The molecule has 0 heterocycles. The number of sulfonamides is 1. The molecule has 0 aliphatic carbocycles. The fraction of sp³-hybridized carbons (Fsp3) is 0.333. The summed E-state index contributed by atoms with van der Waals surface area (Å²) in [5, 5.41) is 2.93. The first kappa shape index (κ1) is 31.7. The van der Waals surface area contributed by atoms with Crippen molar-refractivity contribution in [2.45, 2.75) is 62.5 Å². The first-order valence-corrected chi connectivity index (χ1v) is 16.3. The van der Waals surface area contributed by atoms with E-state index in [0.717, 1.165) is 24.8 Å². The molecule has 0 radical (unpaired) electrons. The Bertz CT molecular complexity index is 1420. The lowest BCUT2D eigenvalue weighted by molar-refractivity contribution is -0.140. The van der Waals surface area contributed by atoms with Crippen molar-refractivity contribution in [1.82, 2.24) is 10.2 Å². The number of anilines is 1. The number of benzene rings is 3. The summed E-state index contributed by atoms with van der Waals surface area (Å²) in [6, 6.07) is 20.2. The molecule has 1 atom stereocenters. The van der Waals surface area contributed by atoms with Gasteiger partial charge in [-0.2, -0.15) is 0 Å². The number of nitrogens with zero attached hydrogens (tertiary/aromatic N) is 2. The third-order valence-corrected chi connectivity index (χ3v) is 9.24. The van der Waals surface area contributed by atoms with Crippen molar-refractivity contribution >= 4 is 55.2 Å². The standard InChI is InChI=1S/C30H36BrN3O4S2/c1-21-7-13-25(14-8-21)34(40(37,38)27-17-15-26(39-6)16-18-27)20-28(35)33(19-23-9-11-24(31)12-10-23)22(2)29(36)32-30(3,4)5/h7-18,22H,19-20H2,1-6H3,(H,32,36). The van der Waals surface area contributed by atoms with E-state index in [-0.39, 0.29) is 17.3 Å². The van der Waals surface area contributed by atoms with Crippen LogP contribution in [-0.2, 0) is 26.2 Å². The Morgan fingerprint density at radius 2 is 1.52 bits per heavy atom. The number of nitrogens with one attached hydrogen (secondary N) is 1. The molecule has 3 rings (SSSR count). The number of carbonyl (C=O) groups is 2. The molecular weight excluding hydrogens is 610 g/mol. The van der Waals surface area contributed by atoms with E-state index in [1.54, 1.807) is 55.5 Å². The number of rotatable bonds is 10. The van der Waals surface area contributed by atoms with E-state index >= 15 is 0 Å². The van der Waals surface area contributed by atoms with Gasteiger partial charge in [-0.3, -0.25) is 13.9 Å². The molecule has 3 aromatic rings. The predicted octanol–water partition coefficient (Wildman–Crippen LogP) is 6.01. The van der Waals surface area contributed by atoms with Crippen molar-refractivity contribution in [1.29, 1.82) is 0 Å². The molecule has 0 aliphatic heterocycles. The lowest BCUT2D eigenvalue weighted by atomic mass is 10.1. The van der Waals surface area contributed by atoms with Gasteiger partial charge in [0.05, 0.1) is 10.6 Å². The zero-order valence-corrected chi connectivity index (χ0v) is 26.9. The minimum Gasteiger partial charge on any atom is -0.350 e. The quantitative estimate of drug-likeness (QED) is 0.273. The van der Waals surface area contributed by atoms with E-state index in [2.05, 4.69) is 21.2 Å². The Morgan fingerprint density at radius 1 is 0.950 bits per heavy atom. The Kier molecular flexibility index (Phi) is 10.5. The van der Waals surface area contributed by atoms with E-state index in [1.165, 1.54) is 16.7 Å². The van der Waals surface area contributed by atoms with Gasteiger partial charge >= 0.3 is 0 Å². The number of thioether (sulfide) groups is 1. The Morgan fingerprint density at radius 3 is 2.05 bits per heavy atom. The third kappa shape index (κ3) is 8.34. The van der Waals surface area contributed by atoms with Crippen LogP contribution in [0.1, 0.15) is 38.8 Å². The zero-order chi connectivity index (χ0) is 29.7. The normalized spacial score (nSPS) is 12.5. The van der Waals surface area contributed by atoms with E-state index < -0.39 is 34.1 Å². The van der Waals surface area contributed by atoms with Gasteiger partial charge in [-0.05, 0) is 95.0 Å². The summed E-state index contributed by atoms with van der Waals surface area (Å²) in [6.07, 6.45) is 1.91. The van der Waals surface area contributed by atoms with Crippen molar-refractivity contribution < 1.29 is 18.0 Å². The summed E-state index contributed by atoms with van der Waals surface area (Å²) < 4.78 is 29.9. The fourth-order valence-electron chi connectivity index (χ4n) is 3.96. The van der Waals surface area contributed by atoms with Gasteiger partial charge in [0.15, 0.2) is 0 Å². The molecule has 0 aliphatic rings.